The fraction of sp³-hybridized carbons (Fsp3) is 0.400. The lowest BCUT2D eigenvalue weighted by Gasteiger charge is -2.17. The van der Waals surface area contributed by atoms with Crippen molar-refractivity contribution in [2.75, 3.05) is 11.9 Å². The molecule has 0 spiro atoms. The van der Waals surface area contributed by atoms with Gasteiger partial charge >= 0.3 is 12.1 Å². The van der Waals surface area contributed by atoms with E-state index in [1.807, 2.05) is 0 Å². The number of rotatable bonds is 3. The average Bonchev–Trinajstić information content (AvgIpc) is 2.72. The van der Waals surface area contributed by atoms with Crippen molar-refractivity contribution in [1.29, 1.82) is 0 Å². The zero-order chi connectivity index (χ0) is 17.7. The van der Waals surface area contributed by atoms with Crippen LogP contribution in [0.4, 0.5) is 18.9 Å². The maximum atomic E-state index is 12.4. The van der Waals surface area contributed by atoms with E-state index >= 15 is 0 Å². The number of anilines is 1. The first kappa shape index (κ1) is 17.8. The molecule has 6 nitrogen and oxygen atoms in total. The molecule has 1 saturated heterocycles. The molecule has 0 saturated carbocycles. The molecule has 0 aliphatic carbocycles. The van der Waals surface area contributed by atoms with Gasteiger partial charge in [-0.1, -0.05) is 12.1 Å². The molecule has 3 amide bonds. The van der Waals surface area contributed by atoms with Gasteiger partial charge in [0.2, 0.25) is 5.91 Å². The molecule has 1 aliphatic rings. The predicted molar refractivity (Wildman–Crippen MR) is 79.2 cm³/mol. The highest BCUT2D eigenvalue weighted by Gasteiger charge is 2.39. The number of para-hydroxylation sites is 1. The number of carbonyl (C=O) groups excluding carboxylic acids is 3. The highest BCUT2D eigenvalue weighted by atomic mass is 19.4. The van der Waals surface area contributed by atoms with Crippen molar-refractivity contribution in [3.05, 3.63) is 29.8 Å². The Kier molecular flexibility index (Phi) is 5.42. The molecule has 9 heteroatoms. The number of hydrogen-bond donors (Lipinski definition) is 3. The van der Waals surface area contributed by atoms with Gasteiger partial charge in [-0.25, -0.2) is 0 Å². The fourth-order valence-corrected chi connectivity index (χ4v) is 2.30. The molecule has 1 aromatic rings. The van der Waals surface area contributed by atoms with Gasteiger partial charge in [-0.3, -0.25) is 14.4 Å². The maximum absolute atomic E-state index is 12.4. The first-order valence-corrected chi connectivity index (χ1v) is 7.35. The zero-order valence-electron chi connectivity index (χ0n) is 12.6. The van der Waals surface area contributed by atoms with E-state index in [0.29, 0.717) is 13.0 Å². The number of halogens is 3. The molecule has 3 N–H and O–H groups in total. The molecule has 0 radical (unpaired) electrons. The van der Waals surface area contributed by atoms with Crippen LogP contribution in [0.25, 0.3) is 0 Å². The van der Waals surface area contributed by atoms with Crippen molar-refractivity contribution in [2.45, 2.75) is 31.5 Å². The van der Waals surface area contributed by atoms with E-state index in [1.165, 1.54) is 24.3 Å². The summed E-state index contributed by atoms with van der Waals surface area (Å²) in [6.07, 6.45) is -3.11. The fourth-order valence-electron chi connectivity index (χ4n) is 2.30. The molecule has 1 atom stereocenters. The second-order valence-electron chi connectivity index (χ2n) is 5.31. The first-order valence-electron chi connectivity index (χ1n) is 7.35. The Labute approximate surface area is 135 Å². The van der Waals surface area contributed by atoms with Crippen LogP contribution in [0.15, 0.2) is 24.3 Å². The number of nitrogens with one attached hydrogen (secondary N) is 3. The zero-order valence-corrected chi connectivity index (χ0v) is 12.6. The molecule has 1 aromatic carbocycles. The number of hydrogen-bond acceptors (Lipinski definition) is 3. The van der Waals surface area contributed by atoms with Gasteiger partial charge in [0, 0.05) is 6.54 Å². The summed E-state index contributed by atoms with van der Waals surface area (Å²) in [5.74, 6) is -3.23. The highest BCUT2D eigenvalue weighted by Crippen LogP contribution is 2.21. The molecule has 1 aliphatic heterocycles. The Balaban J connectivity index is 2.14. The van der Waals surface area contributed by atoms with Gasteiger partial charge in [0.1, 0.15) is 6.04 Å². The van der Waals surface area contributed by atoms with Crippen LogP contribution >= 0.6 is 0 Å². The minimum absolute atomic E-state index is 0.146. The van der Waals surface area contributed by atoms with E-state index < -0.39 is 24.0 Å². The predicted octanol–water partition coefficient (Wildman–Crippen LogP) is 1.59. The molecule has 0 bridgehead atoms. The van der Waals surface area contributed by atoms with Crippen molar-refractivity contribution in [3.8, 4) is 0 Å². The summed E-state index contributed by atoms with van der Waals surface area (Å²) in [5.41, 5.74) is -0.418. The van der Waals surface area contributed by atoms with Gasteiger partial charge in [0.15, 0.2) is 0 Å². The molecule has 0 aromatic heterocycles. The molecule has 130 valence electrons. The molecule has 24 heavy (non-hydrogen) atoms. The van der Waals surface area contributed by atoms with Crippen LogP contribution in [-0.4, -0.2) is 36.5 Å². The van der Waals surface area contributed by atoms with Crippen molar-refractivity contribution in [2.24, 2.45) is 0 Å². The van der Waals surface area contributed by atoms with Gasteiger partial charge in [0.05, 0.1) is 11.3 Å². The van der Waals surface area contributed by atoms with Crippen LogP contribution in [0.1, 0.15) is 29.6 Å². The third kappa shape index (κ3) is 4.46. The summed E-state index contributed by atoms with van der Waals surface area (Å²) < 4.78 is 37.1. The Morgan fingerprint density at radius 1 is 1.17 bits per heavy atom. The summed E-state index contributed by atoms with van der Waals surface area (Å²) in [6, 6.07) is 4.54. The minimum atomic E-state index is -5.06. The van der Waals surface area contributed by atoms with Gasteiger partial charge in [0.25, 0.3) is 5.91 Å². The SMILES string of the molecule is O=C(NC1CCCCNC1=O)c1ccccc1NC(=O)C(F)(F)F. The van der Waals surface area contributed by atoms with E-state index in [0.717, 1.165) is 12.8 Å². The third-order valence-corrected chi connectivity index (χ3v) is 3.52. The molecular formula is C15H16F3N3O3. The summed E-state index contributed by atoms with van der Waals surface area (Å²) in [5, 5.41) is 6.81. The van der Waals surface area contributed by atoms with Crippen LogP contribution in [0.2, 0.25) is 0 Å². The number of alkyl halides is 3. The molecule has 1 unspecified atom stereocenters. The quantitative estimate of drug-likeness (QED) is 0.779. The largest absolute Gasteiger partial charge is 0.471 e. The Morgan fingerprint density at radius 2 is 1.88 bits per heavy atom. The van der Waals surface area contributed by atoms with Gasteiger partial charge in [-0.15, -0.1) is 0 Å². The summed E-state index contributed by atoms with van der Waals surface area (Å²) in [6.45, 7) is 0.517. The second kappa shape index (κ2) is 7.33. The van der Waals surface area contributed by atoms with Crippen LogP contribution in [0.3, 0.4) is 0 Å². The van der Waals surface area contributed by atoms with Gasteiger partial charge in [-0.05, 0) is 31.4 Å². The van der Waals surface area contributed by atoms with Crippen molar-refractivity contribution < 1.29 is 27.6 Å². The maximum Gasteiger partial charge on any atom is 0.471 e. The topological polar surface area (TPSA) is 87.3 Å². The van der Waals surface area contributed by atoms with Crippen LogP contribution in [-0.2, 0) is 9.59 Å². The van der Waals surface area contributed by atoms with E-state index in [2.05, 4.69) is 10.6 Å². The molecular weight excluding hydrogens is 327 g/mol. The Bertz CT molecular complexity index is 646. The minimum Gasteiger partial charge on any atom is -0.354 e. The van der Waals surface area contributed by atoms with E-state index in [-0.39, 0.29) is 17.2 Å². The third-order valence-electron chi connectivity index (χ3n) is 3.52. The summed E-state index contributed by atoms with van der Waals surface area (Å²) in [7, 11) is 0. The number of carbonyl (C=O) groups is 3. The van der Waals surface area contributed by atoms with Gasteiger partial charge in [-0.2, -0.15) is 13.2 Å². The average molecular weight is 343 g/mol. The normalized spacial score (nSPS) is 18.3. The van der Waals surface area contributed by atoms with Crippen molar-refractivity contribution in [3.63, 3.8) is 0 Å². The molecule has 1 heterocycles. The van der Waals surface area contributed by atoms with Crippen LogP contribution in [0.5, 0.6) is 0 Å². The van der Waals surface area contributed by atoms with E-state index in [4.69, 9.17) is 0 Å². The monoisotopic (exact) mass is 343 g/mol. The van der Waals surface area contributed by atoms with Crippen LogP contribution in [0, 0.1) is 0 Å². The molecule has 1 fully saturated rings. The highest BCUT2D eigenvalue weighted by molar-refractivity contribution is 6.06. The summed E-state index contributed by atoms with van der Waals surface area (Å²) >= 11 is 0. The lowest BCUT2D eigenvalue weighted by molar-refractivity contribution is -0.167. The summed E-state index contributed by atoms with van der Waals surface area (Å²) in [4.78, 5) is 35.2. The lowest BCUT2D eigenvalue weighted by Crippen LogP contribution is -2.45. The number of benzene rings is 1. The standard InChI is InChI=1S/C15H16F3N3O3/c16-15(17,18)14(24)21-10-6-2-1-5-9(10)12(22)20-11-7-3-4-8-19-13(11)23/h1-2,5-6,11H,3-4,7-8H2,(H,19,23)(H,20,22)(H,21,24). The lowest BCUT2D eigenvalue weighted by atomic mass is 10.1. The second-order valence-corrected chi connectivity index (χ2v) is 5.31. The van der Waals surface area contributed by atoms with E-state index in [9.17, 15) is 27.6 Å². The first-order chi connectivity index (χ1) is 11.3. The number of amides is 3. The Morgan fingerprint density at radius 3 is 2.58 bits per heavy atom. The molecule has 2 rings (SSSR count). The Hall–Kier alpha value is -2.58. The van der Waals surface area contributed by atoms with Crippen molar-refractivity contribution in [1.82, 2.24) is 10.6 Å². The van der Waals surface area contributed by atoms with Crippen molar-refractivity contribution >= 4 is 23.4 Å². The van der Waals surface area contributed by atoms with Crippen LogP contribution < -0.4 is 16.0 Å². The van der Waals surface area contributed by atoms with Gasteiger partial charge < -0.3 is 16.0 Å². The smallest absolute Gasteiger partial charge is 0.354 e. The van der Waals surface area contributed by atoms with E-state index in [1.54, 1.807) is 5.32 Å².